The van der Waals surface area contributed by atoms with Gasteiger partial charge < -0.3 is 20.8 Å². The van der Waals surface area contributed by atoms with E-state index in [4.69, 9.17) is 5.11 Å². The average molecular weight is 439 g/mol. The van der Waals surface area contributed by atoms with Crippen molar-refractivity contribution in [3.05, 3.63) is 65.2 Å². The van der Waals surface area contributed by atoms with Gasteiger partial charge in [0.05, 0.1) is 12.5 Å². The Morgan fingerprint density at radius 2 is 1.72 bits per heavy atom. The number of carboxylic acid groups (broad SMARTS) is 1. The zero-order valence-corrected chi connectivity index (χ0v) is 19.7. The minimum atomic E-state index is -0.836. The second-order valence-electron chi connectivity index (χ2n) is 10.2. The summed E-state index contributed by atoms with van der Waals surface area (Å²) in [5.74, 6) is -0.836. The number of aliphatic hydroxyl groups is 1. The van der Waals surface area contributed by atoms with Crippen molar-refractivity contribution in [1.29, 1.82) is 0 Å². The lowest BCUT2D eigenvalue weighted by Gasteiger charge is -2.40. The predicted molar refractivity (Wildman–Crippen MR) is 130 cm³/mol. The molecule has 1 aliphatic rings. The molecule has 0 bridgehead atoms. The van der Waals surface area contributed by atoms with Gasteiger partial charge in [-0.3, -0.25) is 4.79 Å². The number of anilines is 1. The van der Waals surface area contributed by atoms with Crippen LogP contribution >= 0.6 is 0 Å². The number of hydrogen-bond donors (Lipinski definition) is 4. The Balaban J connectivity index is 1.61. The van der Waals surface area contributed by atoms with E-state index < -0.39 is 12.1 Å². The maximum Gasteiger partial charge on any atom is 0.307 e. The molecule has 0 amide bonds. The standard InChI is InChI=1S/C27H38N2O3/c1-26(2,3)21-8-7-9-22(17-21)27(14-5-4-6-15-27)29-19-24(30)18-28-23-12-10-20(11-13-23)16-25(31)32/h7-13,17,24,28-30H,4-6,14-16,18-19H2,1-3H3,(H,31,32)/t24-/m0/s1. The number of nitrogens with one attached hydrogen (secondary N) is 2. The zero-order valence-electron chi connectivity index (χ0n) is 19.7. The van der Waals surface area contributed by atoms with Gasteiger partial charge in [-0.05, 0) is 47.1 Å². The summed E-state index contributed by atoms with van der Waals surface area (Å²) in [5.41, 5.74) is 4.34. The monoisotopic (exact) mass is 438 g/mol. The molecule has 1 atom stereocenters. The van der Waals surface area contributed by atoms with Crippen LogP contribution in [0.2, 0.25) is 0 Å². The van der Waals surface area contributed by atoms with Gasteiger partial charge in [0.1, 0.15) is 0 Å². The highest BCUT2D eigenvalue weighted by Gasteiger charge is 2.34. The Hall–Kier alpha value is -2.37. The highest BCUT2D eigenvalue weighted by molar-refractivity contribution is 5.70. The summed E-state index contributed by atoms with van der Waals surface area (Å²) in [7, 11) is 0. The first-order chi connectivity index (χ1) is 15.2. The molecule has 1 fully saturated rings. The van der Waals surface area contributed by atoms with Crippen molar-refractivity contribution in [1.82, 2.24) is 5.32 Å². The van der Waals surface area contributed by atoms with Crippen molar-refractivity contribution in [2.75, 3.05) is 18.4 Å². The molecule has 1 aliphatic carbocycles. The summed E-state index contributed by atoms with van der Waals surface area (Å²) in [6.07, 6.45) is 5.33. The lowest BCUT2D eigenvalue weighted by molar-refractivity contribution is -0.136. The van der Waals surface area contributed by atoms with Gasteiger partial charge in [-0.25, -0.2) is 0 Å². The van der Waals surface area contributed by atoms with E-state index >= 15 is 0 Å². The fourth-order valence-electron chi connectivity index (χ4n) is 4.54. The van der Waals surface area contributed by atoms with E-state index in [1.165, 1.54) is 30.4 Å². The molecular weight excluding hydrogens is 400 g/mol. The molecule has 2 aromatic rings. The minimum Gasteiger partial charge on any atom is -0.481 e. The molecule has 32 heavy (non-hydrogen) atoms. The van der Waals surface area contributed by atoms with Crippen LogP contribution < -0.4 is 10.6 Å². The molecule has 0 aromatic heterocycles. The van der Waals surface area contributed by atoms with Gasteiger partial charge >= 0.3 is 5.97 Å². The van der Waals surface area contributed by atoms with Crippen molar-refractivity contribution in [2.45, 2.75) is 76.4 Å². The van der Waals surface area contributed by atoms with Crippen LogP contribution in [0, 0.1) is 0 Å². The fraction of sp³-hybridized carbons (Fsp3) is 0.519. The molecule has 0 saturated heterocycles. The molecule has 0 spiro atoms. The Kier molecular flexibility index (Phi) is 7.96. The van der Waals surface area contributed by atoms with Crippen molar-refractivity contribution < 1.29 is 15.0 Å². The number of rotatable bonds is 9. The smallest absolute Gasteiger partial charge is 0.307 e. The van der Waals surface area contributed by atoms with Gasteiger partial charge in [-0.1, -0.05) is 76.4 Å². The third-order valence-corrected chi connectivity index (χ3v) is 6.52. The first-order valence-electron chi connectivity index (χ1n) is 11.8. The van der Waals surface area contributed by atoms with E-state index in [1.807, 2.05) is 12.1 Å². The van der Waals surface area contributed by atoms with Crippen LogP contribution in [0.4, 0.5) is 5.69 Å². The van der Waals surface area contributed by atoms with Gasteiger partial charge in [0, 0.05) is 24.3 Å². The third-order valence-electron chi connectivity index (χ3n) is 6.52. The maximum atomic E-state index is 10.8. The normalized spacial score (nSPS) is 17.0. The third kappa shape index (κ3) is 6.57. The Morgan fingerprint density at radius 1 is 1.03 bits per heavy atom. The summed E-state index contributed by atoms with van der Waals surface area (Å²) in [6.45, 7) is 7.69. The van der Waals surface area contributed by atoms with E-state index in [0.717, 1.165) is 24.1 Å². The molecule has 0 aliphatic heterocycles. The first-order valence-corrected chi connectivity index (χ1v) is 11.8. The lowest BCUT2D eigenvalue weighted by Crippen LogP contribution is -2.48. The van der Waals surface area contributed by atoms with Crippen molar-refractivity contribution in [2.24, 2.45) is 0 Å². The van der Waals surface area contributed by atoms with Crippen LogP contribution in [0.15, 0.2) is 48.5 Å². The quantitative estimate of drug-likeness (QED) is 0.451. The number of aliphatic carboxylic acids is 1. The lowest BCUT2D eigenvalue weighted by atomic mass is 9.74. The van der Waals surface area contributed by atoms with Crippen molar-refractivity contribution in [3.8, 4) is 0 Å². The number of aliphatic hydroxyl groups excluding tert-OH is 1. The predicted octanol–water partition coefficient (Wildman–Crippen LogP) is 4.83. The van der Waals surface area contributed by atoms with E-state index in [9.17, 15) is 9.90 Å². The summed E-state index contributed by atoms with van der Waals surface area (Å²) in [6, 6.07) is 16.3. The Morgan fingerprint density at radius 3 is 2.34 bits per heavy atom. The van der Waals surface area contributed by atoms with Crippen LogP contribution in [0.3, 0.4) is 0 Å². The van der Waals surface area contributed by atoms with Gasteiger partial charge in [0.15, 0.2) is 0 Å². The molecule has 0 radical (unpaired) electrons. The van der Waals surface area contributed by atoms with Gasteiger partial charge in [-0.15, -0.1) is 0 Å². The molecule has 2 aromatic carbocycles. The number of benzene rings is 2. The van der Waals surface area contributed by atoms with Crippen LogP contribution in [0.25, 0.3) is 0 Å². The summed E-state index contributed by atoms with van der Waals surface area (Å²) in [5, 5.41) is 26.5. The molecule has 5 nitrogen and oxygen atoms in total. The molecular formula is C27H38N2O3. The second-order valence-corrected chi connectivity index (χ2v) is 10.2. The largest absolute Gasteiger partial charge is 0.481 e. The Bertz CT molecular complexity index is 881. The van der Waals surface area contributed by atoms with Gasteiger partial charge in [0.25, 0.3) is 0 Å². The van der Waals surface area contributed by atoms with Crippen LogP contribution in [-0.4, -0.2) is 35.4 Å². The summed E-state index contributed by atoms with van der Waals surface area (Å²) >= 11 is 0. The van der Waals surface area contributed by atoms with E-state index in [-0.39, 0.29) is 17.4 Å². The van der Waals surface area contributed by atoms with Crippen LogP contribution in [-0.2, 0) is 22.2 Å². The van der Waals surface area contributed by atoms with Crippen molar-refractivity contribution >= 4 is 11.7 Å². The molecule has 5 heteroatoms. The summed E-state index contributed by atoms with van der Waals surface area (Å²) in [4.78, 5) is 10.8. The van der Waals surface area contributed by atoms with Gasteiger partial charge in [0.2, 0.25) is 0 Å². The maximum absolute atomic E-state index is 10.8. The van der Waals surface area contributed by atoms with E-state index in [1.54, 1.807) is 12.1 Å². The molecule has 1 saturated carbocycles. The number of hydrogen-bond acceptors (Lipinski definition) is 4. The summed E-state index contributed by atoms with van der Waals surface area (Å²) < 4.78 is 0. The topological polar surface area (TPSA) is 81.6 Å². The molecule has 0 unspecified atom stereocenters. The average Bonchev–Trinajstić information content (AvgIpc) is 2.77. The van der Waals surface area contributed by atoms with E-state index in [2.05, 4.69) is 55.7 Å². The zero-order chi connectivity index (χ0) is 23.2. The van der Waals surface area contributed by atoms with Gasteiger partial charge in [-0.2, -0.15) is 0 Å². The highest BCUT2D eigenvalue weighted by atomic mass is 16.4. The minimum absolute atomic E-state index is 0.0192. The second kappa shape index (κ2) is 10.5. The fourth-order valence-corrected chi connectivity index (χ4v) is 4.54. The SMILES string of the molecule is CC(C)(C)c1cccc(C2(NC[C@@H](O)CNc3ccc(CC(=O)O)cc3)CCCCC2)c1. The molecule has 0 heterocycles. The Labute approximate surface area is 192 Å². The first kappa shape index (κ1) is 24.3. The van der Waals surface area contributed by atoms with Crippen LogP contribution in [0.1, 0.15) is 69.6 Å². The molecule has 174 valence electrons. The van der Waals surface area contributed by atoms with E-state index in [0.29, 0.717) is 13.1 Å². The molecule has 3 rings (SSSR count). The highest BCUT2D eigenvalue weighted by Crippen LogP contribution is 2.38. The number of carbonyl (C=O) groups is 1. The van der Waals surface area contributed by atoms with Crippen molar-refractivity contribution in [3.63, 3.8) is 0 Å². The van der Waals surface area contributed by atoms with Crippen LogP contribution in [0.5, 0.6) is 0 Å². The number of carboxylic acids is 1. The molecule has 4 N–H and O–H groups in total.